The standard InChI is InChI=1S/C17H24N2O2S2/c1-13(2)16(21)19-9-11-23-17(19)5-7-18(8-6-17)15(20)12-14-4-3-10-22-14/h3-4,10,13H,5-9,11-12H2,1-2H3. The van der Waals surface area contributed by atoms with Gasteiger partial charge in [-0.25, -0.2) is 0 Å². The Hall–Kier alpha value is -1.01. The third-order valence-electron chi connectivity index (χ3n) is 4.74. The molecule has 0 aliphatic carbocycles. The van der Waals surface area contributed by atoms with Crippen LogP contribution < -0.4 is 0 Å². The van der Waals surface area contributed by atoms with E-state index in [1.165, 1.54) is 0 Å². The van der Waals surface area contributed by atoms with Crippen molar-refractivity contribution in [1.29, 1.82) is 0 Å². The molecule has 1 aromatic rings. The summed E-state index contributed by atoms with van der Waals surface area (Å²) in [5, 5.41) is 2.01. The van der Waals surface area contributed by atoms with E-state index in [-0.39, 0.29) is 22.6 Å². The van der Waals surface area contributed by atoms with E-state index in [4.69, 9.17) is 0 Å². The van der Waals surface area contributed by atoms with Crippen molar-refractivity contribution >= 4 is 34.9 Å². The monoisotopic (exact) mass is 352 g/mol. The van der Waals surface area contributed by atoms with Crippen LogP contribution in [-0.4, -0.2) is 51.9 Å². The van der Waals surface area contributed by atoms with Gasteiger partial charge in [0.2, 0.25) is 11.8 Å². The molecule has 2 amide bonds. The molecule has 0 N–H and O–H groups in total. The van der Waals surface area contributed by atoms with Gasteiger partial charge < -0.3 is 9.80 Å². The summed E-state index contributed by atoms with van der Waals surface area (Å²) in [5.41, 5.74) is 0. The third kappa shape index (κ3) is 3.43. The SMILES string of the molecule is CC(C)C(=O)N1CCSC12CCN(C(=O)Cc1cccs1)CC2. The van der Waals surface area contributed by atoms with Gasteiger partial charge in [0.1, 0.15) is 0 Å². The first-order valence-corrected chi connectivity index (χ1v) is 10.1. The molecule has 0 aromatic carbocycles. The Morgan fingerprint density at radius 2 is 2.00 bits per heavy atom. The minimum atomic E-state index is -0.0684. The molecule has 0 bridgehead atoms. The molecule has 2 saturated heterocycles. The zero-order valence-corrected chi connectivity index (χ0v) is 15.4. The molecule has 2 fully saturated rings. The van der Waals surface area contributed by atoms with E-state index >= 15 is 0 Å². The number of nitrogens with zero attached hydrogens (tertiary/aromatic N) is 2. The first kappa shape index (κ1) is 16.8. The maximum atomic E-state index is 12.5. The minimum Gasteiger partial charge on any atom is -0.342 e. The molecule has 1 aromatic heterocycles. The highest BCUT2D eigenvalue weighted by atomic mass is 32.2. The Kier molecular flexibility index (Phi) is 5.01. The van der Waals surface area contributed by atoms with Crippen LogP contribution in [0.3, 0.4) is 0 Å². The normalized spacial score (nSPS) is 20.5. The summed E-state index contributed by atoms with van der Waals surface area (Å²) in [7, 11) is 0. The summed E-state index contributed by atoms with van der Waals surface area (Å²) in [6, 6.07) is 4.01. The van der Waals surface area contributed by atoms with E-state index in [2.05, 4.69) is 4.90 Å². The van der Waals surface area contributed by atoms with E-state index in [9.17, 15) is 9.59 Å². The van der Waals surface area contributed by atoms with Gasteiger partial charge in [0.05, 0.1) is 11.3 Å². The number of thioether (sulfide) groups is 1. The molecule has 0 unspecified atom stereocenters. The van der Waals surface area contributed by atoms with Gasteiger partial charge in [-0.1, -0.05) is 19.9 Å². The lowest BCUT2D eigenvalue weighted by atomic mass is 10.00. The summed E-state index contributed by atoms with van der Waals surface area (Å²) in [6.07, 6.45) is 2.30. The summed E-state index contributed by atoms with van der Waals surface area (Å²) < 4.78 is 0. The van der Waals surface area contributed by atoms with Crippen LogP contribution in [0.1, 0.15) is 31.6 Å². The van der Waals surface area contributed by atoms with Gasteiger partial charge >= 0.3 is 0 Å². The van der Waals surface area contributed by atoms with Crippen molar-refractivity contribution in [3.8, 4) is 0 Å². The zero-order chi connectivity index (χ0) is 16.4. The molecule has 23 heavy (non-hydrogen) atoms. The number of hydrogen-bond acceptors (Lipinski definition) is 4. The maximum Gasteiger partial charge on any atom is 0.227 e. The van der Waals surface area contributed by atoms with E-state index in [1.807, 2.05) is 48.0 Å². The number of thiophene rings is 1. The number of rotatable bonds is 3. The number of carbonyl (C=O) groups excluding carboxylic acids is 2. The summed E-state index contributed by atoms with van der Waals surface area (Å²) in [4.78, 5) is 30.0. The summed E-state index contributed by atoms with van der Waals surface area (Å²) in [5.74, 6) is 1.53. The number of carbonyl (C=O) groups is 2. The second kappa shape index (κ2) is 6.85. The van der Waals surface area contributed by atoms with Crippen LogP contribution in [0.2, 0.25) is 0 Å². The van der Waals surface area contributed by atoms with Crippen LogP contribution in [0.15, 0.2) is 17.5 Å². The first-order chi connectivity index (χ1) is 11.0. The van der Waals surface area contributed by atoms with E-state index in [0.717, 1.165) is 43.1 Å². The topological polar surface area (TPSA) is 40.6 Å². The maximum absolute atomic E-state index is 12.5. The number of piperidine rings is 1. The third-order valence-corrected chi connectivity index (χ3v) is 7.17. The van der Waals surface area contributed by atoms with Gasteiger partial charge in [-0.2, -0.15) is 0 Å². The Labute approximate surface area is 146 Å². The average molecular weight is 353 g/mol. The van der Waals surface area contributed by atoms with Gasteiger partial charge in [0.25, 0.3) is 0 Å². The van der Waals surface area contributed by atoms with Gasteiger partial charge in [-0.15, -0.1) is 23.1 Å². The average Bonchev–Trinajstić information content (AvgIpc) is 3.17. The minimum absolute atomic E-state index is 0.0454. The molecule has 0 radical (unpaired) electrons. The van der Waals surface area contributed by atoms with Crippen molar-refractivity contribution in [2.24, 2.45) is 5.92 Å². The lowest BCUT2D eigenvalue weighted by Gasteiger charge is -2.44. The van der Waals surface area contributed by atoms with E-state index < -0.39 is 0 Å². The van der Waals surface area contributed by atoms with Crippen LogP contribution in [0.25, 0.3) is 0 Å². The van der Waals surface area contributed by atoms with E-state index in [0.29, 0.717) is 6.42 Å². The molecule has 1 spiro atoms. The molecule has 126 valence electrons. The van der Waals surface area contributed by atoms with Crippen molar-refractivity contribution in [3.63, 3.8) is 0 Å². The zero-order valence-electron chi connectivity index (χ0n) is 13.8. The van der Waals surface area contributed by atoms with Crippen molar-refractivity contribution in [2.75, 3.05) is 25.4 Å². The molecule has 3 heterocycles. The van der Waals surface area contributed by atoms with Gasteiger partial charge in [0.15, 0.2) is 0 Å². The predicted octanol–water partition coefficient (Wildman–Crippen LogP) is 2.84. The molecular weight excluding hydrogens is 328 g/mol. The number of likely N-dealkylation sites (tertiary alicyclic amines) is 1. The smallest absolute Gasteiger partial charge is 0.227 e. The van der Waals surface area contributed by atoms with Crippen molar-refractivity contribution < 1.29 is 9.59 Å². The molecule has 0 atom stereocenters. The highest BCUT2D eigenvalue weighted by molar-refractivity contribution is 8.00. The second-order valence-corrected chi connectivity index (χ2v) is 9.07. The first-order valence-electron chi connectivity index (χ1n) is 8.27. The Morgan fingerprint density at radius 3 is 2.61 bits per heavy atom. The van der Waals surface area contributed by atoms with Crippen LogP contribution in [0, 0.1) is 5.92 Å². The lowest BCUT2D eigenvalue weighted by Crippen LogP contribution is -2.54. The summed E-state index contributed by atoms with van der Waals surface area (Å²) >= 11 is 3.54. The van der Waals surface area contributed by atoms with Crippen molar-refractivity contribution in [3.05, 3.63) is 22.4 Å². The van der Waals surface area contributed by atoms with E-state index in [1.54, 1.807) is 11.3 Å². The van der Waals surface area contributed by atoms with Gasteiger partial charge in [0, 0.05) is 36.2 Å². The highest BCUT2D eigenvalue weighted by Crippen LogP contribution is 2.44. The highest BCUT2D eigenvalue weighted by Gasteiger charge is 2.47. The Balaban J connectivity index is 1.61. The second-order valence-electron chi connectivity index (χ2n) is 6.58. The Morgan fingerprint density at radius 1 is 1.26 bits per heavy atom. The largest absolute Gasteiger partial charge is 0.342 e. The summed E-state index contributed by atoms with van der Waals surface area (Å²) in [6.45, 7) is 6.32. The molecular formula is C17H24N2O2S2. The van der Waals surface area contributed by atoms with Crippen LogP contribution in [0.5, 0.6) is 0 Å². The van der Waals surface area contributed by atoms with Gasteiger partial charge in [-0.3, -0.25) is 9.59 Å². The molecule has 2 aliphatic heterocycles. The number of hydrogen-bond donors (Lipinski definition) is 0. The molecule has 0 saturated carbocycles. The molecule has 6 heteroatoms. The van der Waals surface area contributed by atoms with Gasteiger partial charge in [-0.05, 0) is 24.3 Å². The van der Waals surface area contributed by atoms with Crippen molar-refractivity contribution in [1.82, 2.24) is 9.80 Å². The Bertz CT molecular complexity index is 563. The quantitative estimate of drug-likeness (QED) is 0.840. The predicted molar refractivity (Wildman–Crippen MR) is 95.6 cm³/mol. The fourth-order valence-corrected chi connectivity index (χ4v) is 5.58. The lowest BCUT2D eigenvalue weighted by molar-refractivity contribution is -0.139. The van der Waals surface area contributed by atoms with Crippen LogP contribution in [0.4, 0.5) is 0 Å². The van der Waals surface area contributed by atoms with Crippen molar-refractivity contribution in [2.45, 2.75) is 38.0 Å². The van der Waals surface area contributed by atoms with Crippen LogP contribution >= 0.6 is 23.1 Å². The number of amides is 2. The van der Waals surface area contributed by atoms with Crippen LogP contribution in [-0.2, 0) is 16.0 Å². The molecule has 4 nitrogen and oxygen atoms in total. The fraction of sp³-hybridized carbons (Fsp3) is 0.647. The molecule has 2 aliphatic rings. The fourth-order valence-electron chi connectivity index (χ4n) is 3.43. The molecule has 3 rings (SSSR count).